The largest absolute Gasteiger partial charge is 0.347 e. The van der Waals surface area contributed by atoms with Crippen LogP contribution in [0.5, 0.6) is 0 Å². The van der Waals surface area contributed by atoms with Crippen molar-refractivity contribution in [2.45, 2.75) is 32.2 Å². The van der Waals surface area contributed by atoms with Crippen molar-refractivity contribution in [3.8, 4) is 0 Å². The summed E-state index contributed by atoms with van der Waals surface area (Å²) in [7, 11) is 3.61. The number of piperidine rings is 1. The molecule has 1 amide bonds. The molecule has 0 bridgehead atoms. The molecule has 1 fully saturated rings. The Morgan fingerprint density at radius 1 is 1.44 bits per heavy atom. The van der Waals surface area contributed by atoms with Crippen molar-refractivity contribution >= 4 is 11.7 Å². The van der Waals surface area contributed by atoms with E-state index in [1.165, 1.54) is 0 Å². The van der Waals surface area contributed by atoms with Gasteiger partial charge in [0, 0.05) is 26.8 Å². The van der Waals surface area contributed by atoms with Gasteiger partial charge in [0.25, 0.3) is 0 Å². The van der Waals surface area contributed by atoms with Gasteiger partial charge in [-0.25, -0.2) is 9.97 Å². The van der Waals surface area contributed by atoms with E-state index in [2.05, 4.69) is 14.9 Å². The number of carbonyl (C=O) groups excluding carboxylic acids is 1. The van der Waals surface area contributed by atoms with Crippen LogP contribution in [0, 0.1) is 6.92 Å². The van der Waals surface area contributed by atoms with Crippen LogP contribution in [0.1, 0.15) is 25.1 Å². The lowest BCUT2D eigenvalue weighted by Gasteiger charge is -2.36. The number of likely N-dealkylation sites (N-methyl/N-ethyl adjacent to an activating group) is 1. The van der Waals surface area contributed by atoms with E-state index in [0.717, 1.165) is 37.4 Å². The summed E-state index contributed by atoms with van der Waals surface area (Å²) in [6.07, 6.45) is 4.87. The summed E-state index contributed by atoms with van der Waals surface area (Å²) in [5.41, 5.74) is 0. The average molecular weight is 248 g/mol. The Kier molecular flexibility index (Phi) is 3.79. The monoisotopic (exact) mass is 248 g/mol. The first kappa shape index (κ1) is 12.8. The van der Waals surface area contributed by atoms with Crippen LogP contribution in [0.4, 0.5) is 5.82 Å². The maximum Gasteiger partial charge on any atom is 0.244 e. The molecule has 2 heterocycles. The number of aromatic nitrogens is 2. The van der Waals surface area contributed by atoms with Crippen molar-refractivity contribution in [1.82, 2.24) is 14.9 Å². The van der Waals surface area contributed by atoms with E-state index in [9.17, 15) is 4.79 Å². The van der Waals surface area contributed by atoms with Crippen molar-refractivity contribution in [2.24, 2.45) is 0 Å². The van der Waals surface area contributed by atoms with Gasteiger partial charge in [0.1, 0.15) is 17.7 Å². The second-order valence-corrected chi connectivity index (χ2v) is 4.90. The summed E-state index contributed by atoms with van der Waals surface area (Å²) in [5, 5.41) is 0. The van der Waals surface area contributed by atoms with Gasteiger partial charge < -0.3 is 9.80 Å². The normalized spacial score (nSPS) is 19.7. The number of hydrogen-bond donors (Lipinski definition) is 0. The Balaban J connectivity index is 2.25. The highest BCUT2D eigenvalue weighted by Crippen LogP contribution is 2.23. The Hall–Kier alpha value is -1.65. The Morgan fingerprint density at radius 3 is 2.89 bits per heavy atom. The molecule has 0 radical (unpaired) electrons. The maximum absolute atomic E-state index is 12.2. The minimum absolute atomic E-state index is 0.0805. The molecule has 1 aliphatic rings. The van der Waals surface area contributed by atoms with E-state index in [0.29, 0.717) is 0 Å². The zero-order valence-electron chi connectivity index (χ0n) is 11.3. The Bertz CT molecular complexity index is 433. The smallest absolute Gasteiger partial charge is 0.244 e. The molecule has 5 nitrogen and oxygen atoms in total. The van der Waals surface area contributed by atoms with Crippen LogP contribution in [-0.2, 0) is 4.79 Å². The van der Waals surface area contributed by atoms with E-state index in [1.807, 2.05) is 13.0 Å². The van der Waals surface area contributed by atoms with E-state index in [4.69, 9.17) is 0 Å². The van der Waals surface area contributed by atoms with Crippen LogP contribution in [0.25, 0.3) is 0 Å². The molecule has 0 spiro atoms. The van der Waals surface area contributed by atoms with Crippen LogP contribution < -0.4 is 4.90 Å². The minimum atomic E-state index is -0.0805. The first-order valence-electron chi connectivity index (χ1n) is 6.37. The van der Waals surface area contributed by atoms with Gasteiger partial charge >= 0.3 is 0 Å². The standard InChI is InChI=1S/C13H20N4O/c1-10-14-8-7-12(15-10)17-9-5-4-6-11(17)13(18)16(2)3/h7-8,11H,4-6,9H2,1-3H3. The first-order valence-corrected chi connectivity index (χ1v) is 6.37. The molecule has 1 aliphatic heterocycles. The second-order valence-electron chi connectivity index (χ2n) is 4.90. The maximum atomic E-state index is 12.2. The van der Waals surface area contributed by atoms with Gasteiger partial charge in [0.2, 0.25) is 5.91 Å². The lowest BCUT2D eigenvalue weighted by atomic mass is 10.0. The van der Waals surface area contributed by atoms with E-state index in [-0.39, 0.29) is 11.9 Å². The fraction of sp³-hybridized carbons (Fsp3) is 0.615. The predicted molar refractivity (Wildman–Crippen MR) is 70.4 cm³/mol. The number of carbonyl (C=O) groups is 1. The highest BCUT2D eigenvalue weighted by molar-refractivity contribution is 5.84. The number of aryl methyl sites for hydroxylation is 1. The van der Waals surface area contributed by atoms with Gasteiger partial charge in [-0.3, -0.25) is 4.79 Å². The molecule has 0 aromatic carbocycles. The summed E-state index contributed by atoms with van der Waals surface area (Å²) in [4.78, 5) is 24.5. The SMILES string of the molecule is Cc1nccc(N2CCCCC2C(=O)N(C)C)n1. The van der Waals surface area contributed by atoms with E-state index >= 15 is 0 Å². The molecule has 2 rings (SSSR count). The molecular weight excluding hydrogens is 228 g/mol. The van der Waals surface area contributed by atoms with E-state index < -0.39 is 0 Å². The number of nitrogens with zero attached hydrogens (tertiary/aromatic N) is 4. The zero-order chi connectivity index (χ0) is 13.1. The predicted octanol–water partition coefficient (Wildman–Crippen LogP) is 1.23. The third-order valence-corrected chi connectivity index (χ3v) is 3.28. The van der Waals surface area contributed by atoms with E-state index in [1.54, 1.807) is 25.2 Å². The summed E-state index contributed by atoms with van der Waals surface area (Å²) in [6, 6.07) is 1.80. The lowest BCUT2D eigenvalue weighted by Crippen LogP contribution is -2.49. The van der Waals surface area contributed by atoms with Crippen LogP contribution in [-0.4, -0.2) is 47.5 Å². The third kappa shape index (κ3) is 2.60. The molecule has 1 aromatic heterocycles. The van der Waals surface area contributed by atoms with Crippen molar-refractivity contribution in [2.75, 3.05) is 25.5 Å². The first-order chi connectivity index (χ1) is 8.59. The molecule has 0 N–H and O–H groups in total. The van der Waals surface area contributed by atoms with Crippen LogP contribution in [0.15, 0.2) is 12.3 Å². The van der Waals surface area contributed by atoms with Crippen molar-refractivity contribution in [3.63, 3.8) is 0 Å². The third-order valence-electron chi connectivity index (χ3n) is 3.28. The van der Waals surface area contributed by atoms with Gasteiger partial charge in [0.05, 0.1) is 0 Å². The van der Waals surface area contributed by atoms with Gasteiger partial charge in [0.15, 0.2) is 0 Å². The molecule has 0 aliphatic carbocycles. The molecule has 0 saturated carbocycles. The lowest BCUT2D eigenvalue weighted by molar-refractivity contribution is -0.130. The highest BCUT2D eigenvalue weighted by Gasteiger charge is 2.30. The van der Waals surface area contributed by atoms with Gasteiger partial charge in [-0.2, -0.15) is 0 Å². The zero-order valence-corrected chi connectivity index (χ0v) is 11.3. The molecule has 5 heteroatoms. The molecule has 1 atom stereocenters. The van der Waals surface area contributed by atoms with Crippen LogP contribution in [0.2, 0.25) is 0 Å². The second kappa shape index (κ2) is 5.33. The molecule has 1 aromatic rings. The van der Waals surface area contributed by atoms with Crippen molar-refractivity contribution < 1.29 is 4.79 Å². The van der Waals surface area contributed by atoms with Crippen molar-refractivity contribution in [3.05, 3.63) is 18.1 Å². The topological polar surface area (TPSA) is 49.3 Å². The summed E-state index contributed by atoms with van der Waals surface area (Å²) >= 11 is 0. The number of rotatable bonds is 2. The summed E-state index contributed by atoms with van der Waals surface area (Å²) in [6.45, 7) is 2.76. The summed E-state index contributed by atoms with van der Waals surface area (Å²) < 4.78 is 0. The van der Waals surface area contributed by atoms with Gasteiger partial charge in [-0.1, -0.05) is 0 Å². The quantitative estimate of drug-likeness (QED) is 0.790. The molecule has 98 valence electrons. The number of amides is 1. The summed E-state index contributed by atoms with van der Waals surface area (Å²) in [5.74, 6) is 1.77. The van der Waals surface area contributed by atoms with Gasteiger partial charge in [-0.05, 0) is 32.3 Å². The fourth-order valence-corrected chi connectivity index (χ4v) is 2.36. The minimum Gasteiger partial charge on any atom is -0.347 e. The fourth-order valence-electron chi connectivity index (χ4n) is 2.36. The molecular formula is C13H20N4O. The molecule has 18 heavy (non-hydrogen) atoms. The Morgan fingerprint density at radius 2 is 2.22 bits per heavy atom. The van der Waals surface area contributed by atoms with Gasteiger partial charge in [-0.15, -0.1) is 0 Å². The Labute approximate surface area is 108 Å². The van der Waals surface area contributed by atoms with Crippen molar-refractivity contribution in [1.29, 1.82) is 0 Å². The molecule has 1 saturated heterocycles. The highest BCUT2D eigenvalue weighted by atomic mass is 16.2. The molecule has 1 unspecified atom stereocenters. The van der Waals surface area contributed by atoms with Crippen LogP contribution in [0.3, 0.4) is 0 Å². The average Bonchev–Trinajstić information content (AvgIpc) is 2.38. The van der Waals surface area contributed by atoms with Crippen LogP contribution >= 0.6 is 0 Å². The number of anilines is 1. The number of hydrogen-bond acceptors (Lipinski definition) is 4.